The summed E-state index contributed by atoms with van der Waals surface area (Å²) >= 11 is 0. The molecule has 0 saturated carbocycles. The summed E-state index contributed by atoms with van der Waals surface area (Å²) in [5, 5.41) is 16.1. The maximum atomic E-state index is 10.4. The first kappa shape index (κ1) is 14.1. The molecule has 0 unspecified atom stereocenters. The Hall–Kier alpha value is -1.84. The van der Waals surface area contributed by atoms with Gasteiger partial charge in [0.1, 0.15) is 0 Å². The van der Waals surface area contributed by atoms with Gasteiger partial charge < -0.3 is 15.4 Å². The van der Waals surface area contributed by atoms with Gasteiger partial charge in [-0.3, -0.25) is 0 Å². The molecule has 0 bridgehead atoms. The molecule has 3 rings (SSSR count). The molecule has 3 N–H and O–H groups in total. The number of β-amino-alcohol motifs (C(OH)–C–C–N with tert-alkyl or cyclic N) is 1. The largest absolute Gasteiger partial charge is 0.387 e. The highest BCUT2D eigenvalue weighted by Gasteiger charge is 2.14. The first-order valence-electron chi connectivity index (χ1n) is 7.37. The zero-order chi connectivity index (χ0) is 15.0. The third-order valence-corrected chi connectivity index (χ3v) is 3.74. The molecular formula is C18H22N2O. The standard InChI is InChI=1S/C18H22N2O/c1-18(2,3)19-11-17(21)12-8-9-16-14(10-12)13-6-4-5-7-15(13)20-16/h4-10,17,19-21H,11H2,1-3H3/t17-/m0/s1. The second-order valence-corrected chi connectivity index (χ2v) is 6.62. The second kappa shape index (κ2) is 5.17. The molecule has 0 amide bonds. The van der Waals surface area contributed by atoms with E-state index in [0.29, 0.717) is 6.54 Å². The quantitative estimate of drug-likeness (QED) is 0.685. The normalized spacial score (nSPS) is 13.9. The van der Waals surface area contributed by atoms with Crippen molar-refractivity contribution in [3.8, 4) is 0 Å². The molecule has 1 heterocycles. The van der Waals surface area contributed by atoms with Gasteiger partial charge in [0.05, 0.1) is 6.10 Å². The monoisotopic (exact) mass is 282 g/mol. The Kier molecular flexibility index (Phi) is 3.47. The molecule has 3 aromatic rings. The second-order valence-electron chi connectivity index (χ2n) is 6.62. The first-order valence-corrected chi connectivity index (χ1v) is 7.37. The van der Waals surface area contributed by atoms with Crippen molar-refractivity contribution in [2.75, 3.05) is 6.54 Å². The molecule has 3 heteroatoms. The van der Waals surface area contributed by atoms with Gasteiger partial charge in [-0.15, -0.1) is 0 Å². The lowest BCUT2D eigenvalue weighted by Gasteiger charge is -2.23. The number of fused-ring (bicyclic) bond motifs is 3. The van der Waals surface area contributed by atoms with E-state index in [-0.39, 0.29) is 5.54 Å². The topological polar surface area (TPSA) is 48.0 Å². The summed E-state index contributed by atoms with van der Waals surface area (Å²) < 4.78 is 0. The summed E-state index contributed by atoms with van der Waals surface area (Å²) in [6.07, 6.45) is -0.498. The van der Waals surface area contributed by atoms with Crippen molar-refractivity contribution in [1.29, 1.82) is 0 Å². The van der Waals surface area contributed by atoms with E-state index in [0.717, 1.165) is 22.0 Å². The van der Waals surface area contributed by atoms with Gasteiger partial charge in [0.25, 0.3) is 0 Å². The smallest absolute Gasteiger partial charge is 0.0914 e. The van der Waals surface area contributed by atoms with E-state index >= 15 is 0 Å². The Labute approximate surface area is 125 Å². The molecule has 0 fully saturated rings. The molecular weight excluding hydrogens is 260 g/mol. The fraction of sp³-hybridized carbons (Fsp3) is 0.333. The molecule has 3 nitrogen and oxygen atoms in total. The predicted octanol–water partition coefficient (Wildman–Crippen LogP) is 3.74. The van der Waals surface area contributed by atoms with Gasteiger partial charge in [-0.25, -0.2) is 0 Å². The van der Waals surface area contributed by atoms with Crippen LogP contribution >= 0.6 is 0 Å². The van der Waals surface area contributed by atoms with Crippen molar-refractivity contribution in [3.63, 3.8) is 0 Å². The van der Waals surface area contributed by atoms with Crippen LogP contribution in [-0.2, 0) is 0 Å². The van der Waals surface area contributed by atoms with E-state index in [1.165, 1.54) is 5.39 Å². The van der Waals surface area contributed by atoms with Crippen molar-refractivity contribution >= 4 is 21.8 Å². The van der Waals surface area contributed by atoms with Gasteiger partial charge in [0.15, 0.2) is 0 Å². The minimum absolute atomic E-state index is 0.00582. The number of aliphatic hydroxyl groups is 1. The van der Waals surface area contributed by atoms with Crippen molar-refractivity contribution in [3.05, 3.63) is 48.0 Å². The van der Waals surface area contributed by atoms with Gasteiger partial charge in [-0.1, -0.05) is 24.3 Å². The van der Waals surface area contributed by atoms with Crippen LogP contribution < -0.4 is 5.32 Å². The predicted molar refractivity (Wildman–Crippen MR) is 88.5 cm³/mol. The minimum Gasteiger partial charge on any atom is -0.387 e. The van der Waals surface area contributed by atoms with Crippen molar-refractivity contribution in [2.24, 2.45) is 0 Å². The Morgan fingerprint density at radius 2 is 1.76 bits per heavy atom. The number of aliphatic hydroxyl groups excluding tert-OH is 1. The Morgan fingerprint density at radius 1 is 1.05 bits per heavy atom. The molecule has 0 aliphatic rings. The molecule has 1 atom stereocenters. The minimum atomic E-state index is -0.498. The third-order valence-electron chi connectivity index (χ3n) is 3.74. The van der Waals surface area contributed by atoms with Crippen LogP contribution in [0, 0.1) is 0 Å². The molecule has 0 aliphatic heterocycles. The molecule has 2 aromatic carbocycles. The number of nitrogens with one attached hydrogen (secondary N) is 2. The number of rotatable bonds is 3. The number of hydrogen-bond donors (Lipinski definition) is 3. The van der Waals surface area contributed by atoms with Crippen molar-refractivity contribution < 1.29 is 5.11 Å². The summed E-state index contributed by atoms with van der Waals surface area (Å²) in [4.78, 5) is 3.40. The van der Waals surface area contributed by atoms with Crippen molar-refractivity contribution in [2.45, 2.75) is 32.4 Å². The maximum Gasteiger partial charge on any atom is 0.0914 e. The van der Waals surface area contributed by atoms with Crippen LogP contribution in [0.3, 0.4) is 0 Å². The number of H-pyrrole nitrogens is 1. The number of hydrogen-bond acceptors (Lipinski definition) is 2. The summed E-state index contributed by atoms with van der Waals surface area (Å²) in [5.74, 6) is 0. The van der Waals surface area contributed by atoms with E-state index in [2.05, 4.69) is 49.3 Å². The summed E-state index contributed by atoms with van der Waals surface area (Å²) in [6.45, 7) is 6.85. The molecule has 21 heavy (non-hydrogen) atoms. The molecule has 1 aromatic heterocycles. The van der Waals surface area contributed by atoms with E-state index in [9.17, 15) is 5.11 Å². The number of aromatic amines is 1. The summed E-state index contributed by atoms with van der Waals surface area (Å²) in [7, 11) is 0. The Bertz CT molecular complexity index is 768. The van der Waals surface area contributed by atoms with E-state index in [4.69, 9.17) is 0 Å². The van der Waals surface area contributed by atoms with Crippen LogP contribution in [0.4, 0.5) is 0 Å². The first-order chi connectivity index (χ1) is 9.94. The molecule has 0 spiro atoms. The molecule has 0 aliphatic carbocycles. The van der Waals surface area contributed by atoms with Gasteiger partial charge in [0.2, 0.25) is 0 Å². The highest BCUT2D eigenvalue weighted by molar-refractivity contribution is 6.07. The van der Waals surface area contributed by atoms with E-state index in [1.807, 2.05) is 24.3 Å². The lowest BCUT2D eigenvalue weighted by molar-refractivity contribution is 0.163. The van der Waals surface area contributed by atoms with Crippen LogP contribution in [0.25, 0.3) is 21.8 Å². The zero-order valence-corrected chi connectivity index (χ0v) is 12.8. The average molecular weight is 282 g/mol. The van der Waals surface area contributed by atoms with Gasteiger partial charge in [-0.2, -0.15) is 0 Å². The van der Waals surface area contributed by atoms with Crippen LogP contribution in [0.1, 0.15) is 32.4 Å². The highest BCUT2D eigenvalue weighted by atomic mass is 16.3. The molecule has 110 valence electrons. The average Bonchev–Trinajstić information content (AvgIpc) is 2.81. The number of aromatic nitrogens is 1. The lowest BCUT2D eigenvalue weighted by Crippen LogP contribution is -2.38. The van der Waals surface area contributed by atoms with Gasteiger partial charge >= 0.3 is 0 Å². The number of para-hydroxylation sites is 1. The van der Waals surface area contributed by atoms with E-state index in [1.54, 1.807) is 0 Å². The van der Waals surface area contributed by atoms with E-state index < -0.39 is 6.10 Å². The molecule has 0 radical (unpaired) electrons. The molecule has 0 saturated heterocycles. The van der Waals surface area contributed by atoms with Gasteiger partial charge in [0, 0.05) is 33.9 Å². The summed E-state index contributed by atoms with van der Waals surface area (Å²) in [5.41, 5.74) is 3.19. The van der Waals surface area contributed by atoms with Gasteiger partial charge in [-0.05, 0) is 44.5 Å². The fourth-order valence-electron chi connectivity index (χ4n) is 2.59. The van der Waals surface area contributed by atoms with Crippen LogP contribution in [-0.4, -0.2) is 22.2 Å². The van der Waals surface area contributed by atoms with Crippen LogP contribution in [0.5, 0.6) is 0 Å². The van der Waals surface area contributed by atoms with Crippen LogP contribution in [0.15, 0.2) is 42.5 Å². The highest BCUT2D eigenvalue weighted by Crippen LogP contribution is 2.27. The third kappa shape index (κ3) is 2.94. The SMILES string of the molecule is CC(C)(C)NC[C@H](O)c1ccc2[nH]c3ccccc3c2c1. The maximum absolute atomic E-state index is 10.4. The lowest BCUT2D eigenvalue weighted by atomic mass is 10.0. The van der Waals surface area contributed by atoms with Crippen LogP contribution in [0.2, 0.25) is 0 Å². The van der Waals surface area contributed by atoms with Crippen molar-refractivity contribution in [1.82, 2.24) is 10.3 Å². The number of benzene rings is 2. The fourth-order valence-corrected chi connectivity index (χ4v) is 2.59. The Morgan fingerprint density at radius 3 is 2.52 bits per heavy atom. The zero-order valence-electron chi connectivity index (χ0n) is 12.8. The Balaban J connectivity index is 1.94. The summed E-state index contributed by atoms with van der Waals surface area (Å²) in [6, 6.07) is 14.4.